The molecule has 2 saturated heterocycles. The molecule has 2 saturated carbocycles. The maximum Gasteiger partial charge on any atom is 0.407 e. The minimum Gasteiger partial charge on any atom is -0.453 e. The summed E-state index contributed by atoms with van der Waals surface area (Å²) in [5.74, 6) is 1.68. The first-order chi connectivity index (χ1) is 33.0. The van der Waals surface area contributed by atoms with Gasteiger partial charge in [-0.3, -0.25) is 9.59 Å². The van der Waals surface area contributed by atoms with Crippen LogP contribution in [0.4, 0.5) is 9.59 Å². The zero-order valence-electron chi connectivity index (χ0n) is 39.0. The van der Waals surface area contributed by atoms with Crippen LogP contribution in [0, 0.1) is 11.8 Å². The second-order valence-electron chi connectivity index (χ2n) is 19.4. The Morgan fingerprint density at radius 1 is 0.735 bits per heavy atom. The zero-order chi connectivity index (χ0) is 47.2. The average molecular weight is 940 g/mol. The Kier molecular flexibility index (Phi) is 12.6. The minimum atomic E-state index is -0.896. The molecule has 0 radical (unpaired) electrons. The van der Waals surface area contributed by atoms with E-state index in [9.17, 15) is 19.2 Å². The molecule has 15 heteroatoms. The lowest BCUT2D eigenvalue weighted by Gasteiger charge is -2.37. The second-order valence-corrected chi connectivity index (χ2v) is 19.8. The summed E-state index contributed by atoms with van der Waals surface area (Å²) < 4.78 is 9.81. The van der Waals surface area contributed by atoms with Gasteiger partial charge in [0.15, 0.2) is 5.15 Å². The molecule has 354 valence electrons. The maximum absolute atomic E-state index is 14.4. The van der Waals surface area contributed by atoms with Crippen LogP contribution < -0.4 is 10.6 Å². The molecule has 4 heterocycles. The SMILES string of the molecule is COC(=O)N[C@H](C(=O)N1[C@@H]2CC[C@@H](C2)[C@H]1c1nc(Cl)c(-c2ccc(-c3ccc4c(ccc5nc([C@@H]6CCCN6C(=O)[C@H](NC(=O)OC)c6ccc(C7CCCCC7)cc6)[nH]c54)c3)cc2)[nH]1)C(C)C. The van der Waals surface area contributed by atoms with Crippen LogP contribution in [0.2, 0.25) is 5.15 Å². The van der Waals surface area contributed by atoms with E-state index in [1.807, 2.05) is 54.0 Å². The van der Waals surface area contributed by atoms with Crippen molar-refractivity contribution in [2.75, 3.05) is 20.8 Å². The fourth-order valence-electron chi connectivity index (χ4n) is 11.6. The predicted molar refractivity (Wildman–Crippen MR) is 261 cm³/mol. The smallest absolute Gasteiger partial charge is 0.407 e. The van der Waals surface area contributed by atoms with E-state index in [4.69, 9.17) is 31.0 Å². The molecule has 14 nitrogen and oxygen atoms in total. The number of imidazole rings is 2. The molecule has 0 unspecified atom stereocenters. The first-order valence-corrected chi connectivity index (χ1v) is 24.6. The molecule has 2 bridgehead atoms. The number of piperidine rings is 1. The van der Waals surface area contributed by atoms with Crippen LogP contribution >= 0.6 is 11.6 Å². The van der Waals surface area contributed by atoms with Crippen LogP contribution in [-0.4, -0.2) is 86.6 Å². The number of amides is 4. The van der Waals surface area contributed by atoms with E-state index in [0.29, 0.717) is 29.1 Å². The Morgan fingerprint density at radius 3 is 2.19 bits per heavy atom. The summed E-state index contributed by atoms with van der Waals surface area (Å²) in [6.07, 6.45) is 9.18. The topological polar surface area (TPSA) is 175 Å². The van der Waals surface area contributed by atoms with Crippen LogP contribution in [0.25, 0.3) is 44.2 Å². The summed E-state index contributed by atoms with van der Waals surface area (Å²) >= 11 is 6.85. The van der Waals surface area contributed by atoms with Gasteiger partial charge in [-0.25, -0.2) is 19.6 Å². The van der Waals surface area contributed by atoms with Crippen molar-refractivity contribution in [3.8, 4) is 22.4 Å². The molecule has 4 fully saturated rings. The zero-order valence-corrected chi connectivity index (χ0v) is 39.8. The molecular formula is C53H59ClN8O6. The van der Waals surface area contributed by atoms with Gasteiger partial charge < -0.3 is 39.9 Å². The maximum atomic E-state index is 14.4. The quantitative estimate of drug-likeness (QED) is 0.0993. The van der Waals surface area contributed by atoms with Gasteiger partial charge >= 0.3 is 12.2 Å². The molecule has 2 aromatic heterocycles. The van der Waals surface area contributed by atoms with Crippen LogP contribution in [-0.2, 0) is 19.1 Å². The summed E-state index contributed by atoms with van der Waals surface area (Å²) in [7, 11) is 2.61. The van der Waals surface area contributed by atoms with E-state index >= 15 is 0 Å². The molecule has 2 aliphatic carbocycles. The highest BCUT2D eigenvalue weighted by Crippen LogP contribution is 2.51. The Bertz CT molecular complexity index is 2850. The monoisotopic (exact) mass is 938 g/mol. The van der Waals surface area contributed by atoms with Gasteiger partial charge in [-0.05, 0) is 102 Å². The van der Waals surface area contributed by atoms with Crippen molar-refractivity contribution in [2.24, 2.45) is 11.8 Å². The number of methoxy groups -OCH3 is 2. The van der Waals surface area contributed by atoms with E-state index in [0.717, 1.165) is 82.0 Å². The standard InChI is InChI=1S/C53H59ClN8O6/c1-29(2)42(58-52(65)67-3)51(64)62-38-23-20-37(28-38)46(62)49-56-43(47(54)60-49)33-16-14-32(15-17-33)35-21-24-39-36(27-35)22-25-40-45(39)57-48(55-40)41-11-8-26-61(41)50(63)44(59-53(66)68-4)34-18-12-31(13-19-34)30-9-6-5-7-10-30/h12-19,21-22,24-25,27,29-30,37-38,41-42,44,46H,5-11,20,23,26,28H2,1-4H3,(H,55,57)(H,56,60)(H,58,65)(H,59,66)/t37-,38+,41-,42-,44+,46-/m0/s1. The number of aromatic nitrogens is 4. The normalized spacial score (nSPS) is 21.4. The van der Waals surface area contributed by atoms with Gasteiger partial charge in [0.2, 0.25) is 5.91 Å². The molecule has 4 aliphatic rings. The number of carbonyl (C=O) groups excluding carboxylic acids is 4. The number of rotatable bonds is 11. The highest BCUT2D eigenvalue weighted by atomic mass is 35.5. The third-order valence-electron chi connectivity index (χ3n) is 15.1. The number of aromatic amines is 2. The molecule has 6 aromatic rings. The van der Waals surface area contributed by atoms with E-state index in [-0.39, 0.29) is 41.8 Å². The van der Waals surface area contributed by atoms with Crippen molar-refractivity contribution in [3.63, 3.8) is 0 Å². The average Bonchev–Trinajstić information content (AvgIpc) is 4.24. The van der Waals surface area contributed by atoms with Gasteiger partial charge in [0.05, 0.1) is 43.0 Å². The summed E-state index contributed by atoms with van der Waals surface area (Å²) in [4.78, 5) is 74.0. The number of benzene rings is 4. The lowest BCUT2D eigenvalue weighted by atomic mass is 9.83. The van der Waals surface area contributed by atoms with Crippen molar-refractivity contribution >= 4 is 57.4 Å². The number of carbonyl (C=O) groups is 4. The first kappa shape index (κ1) is 45.4. The number of fused-ring (bicyclic) bond motifs is 5. The fraction of sp³-hybridized carbons (Fsp3) is 0.434. The molecule has 68 heavy (non-hydrogen) atoms. The number of halogens is 1. The first-order valence-electron chi connectivity index (χ1n) is 24.2. The molecule has 4 aromatic carbocycles. The summed E-state index contributed by atoms with van der Waals surface area (Å²) in [5, 5.41) is 7.98. The Morgan fingerprint density at radius 2 is 1.46 bits per heavy atom. The van der Waals surface area contributed by atoms with E-state index < -0.39 is 24.3 Å². The number of hydrogen-bond donors (Lipinski definition) is 4. The molecule has 10 rings (SSSR count). The van der Waals surface area contributed by atoms with Crippen LogP contribution in [0.15, 0.2) is 78.9 Å². The van der Waals surface area contributed by atoms with Crippen molar-refractivity contribution < 1.29 is 28.7 Å². The van der Waals surface area contributed by atoms with Crippen molar-refractivity contribution in [2.45, 2.75) is 114 Å². The van der Waals surface area contributed by atoms with Crippen molar-refractivity contribution in [1.82, 2.24) is 40.4 Å². The number of alkyl carbamates (subject to hydrolysis) is 2. The Hall–Kier alpha value is -6.41. The molecule has 4 amide bonds. The van der Waals surface area contributed by atoms with Gasteiger partial charge in [-0.15, -0.1) is 0 Å². The summed E-state index contributed by atoms with van der Waals surface area (Å²) in [6, 6.07) is 24.7. The van der Waals surface area contributed by atoms with Crippen molar-refractivity contribution in [1.29, 1.82) is 0 Å². The number of likely N-dealkylation sites (tertiary alicyclic amines) is 2. The van der Waals surface area contributed by atoms with Gasteiger partial charge in [0.25, 0.3) is 5.91 Å². The number of nitrogens with one attached hydrogen (secondary N) is 4. The molecule has 2 aliphatic heterocycles. The van der Waals surface area contributed by atoms with E-state index in [2.05, 4.69) is 69.1 Å². The van der Waals surface area contributed by atoms with Crippen LogP contribution in [0.1, 0.15) is 125 Å². The van der Waals surface area contributed by atoms with Gasteiger partial charge in [-0.2, -0.15) is 0 Å². The number of nitrogens with zero attached hydrogens (tertiary/aromatic N) is 4. The summed E-state index contributed by atoms with van der Waals surface area (Å²) in [6.45, 7) is 4.38. The third-order valence-corrected chi connectivity index (χ3v) is 15.4. The van der Waals surface area contributed by atoms with Gasteiger partial charge in [-0.1, -0.05) is 111 Å². The predicted octanol–water partition coefficient (Wildman–Crippen LogP) is 10.7. The molecule has 4 N–H and O–H groups in total. The third kappa shape index (κ3) is 8.56. The molecule has 6 atom stereocenters. The molecular weight excluding hydrogens is 880 g/mol. The highest BCUT2D eigenvalue weighted by Gasteiger charge is 2.52. The van der Waals surface area contributed by atoms with Crippen molar-refractivity contribution in [3.05, 3.63) is 107 Å². The van der Waals surface area contributed by atoms with Crippen LogP contribution in [0.5, 0.6) is 0 Å². The lowest BCUT2D eigenvalue weighted by molar-refractivity contribution is -0.139. The number of H-pyrrole nitrogens is 2. The second kappa shape index (κ2) is 18.9. The fourth-order valence-corrected chi connectivity index (χ4v) is 11.8. The Balaban J connectivity index is 0.864. The summed E-state index contributed by atoms with van der Waals surface area (Å²) in [5.41, 5.74) is 7.36. The highest BCUT2D eigenvalue weighted by molar-refractivity contribution is 6.32. The largest absolute Gasteiger partial charge is 0.453 e. The minimum absolute atomic E-state index is 0.0716. The number of hydrogen-bond acceptors (Lipinski definition) is 8. The molecule has 0 spiro atoms. The van der Waals surface area contributed by atoms with E-state index in [1.54, 1.807) is 0 Å². The Labute approximate surface area is 400 Å². The van der Waals surface area contributed by atoms with Gasteiger partial charge in [0, 0.05) is 23.5 Å². The van der Waals surface area contributed by atoms with Crippen LogP contribution in [0.3, 0.4) is 0 Å². The lowest BCUT2D eigenvalue weighted by Crippen LogP contribution is -2.54. The number of ether oxygens (including phenoxy) is 2. The van der Waals surface area contributed by atoms with Gasteiger partial charge in [0.1, 0.15) is 23.7 Å². The van der Waals surface area contributed by atoms with E-state index in [1.165, 1.54) is 51.9 Å².